The van der Waals surface area contributed by atoms with Crippen molar-refractivity contribution in [3.05, 3.63) is 95.1 Å². The summed E-state index contributed by atoms with van der Waals surface area (Å²) >= 11 is 0. The summed E-state index contributed by atoms with van der Waals surface area (Å²) < 4.78 is 17.5. The summed E-state index contributed by atoms with van der Waals surface area (Å²) in [5.74, 6) is 0.394. The minimum absolute atomic E-state index is 0.0802. The largest absolute Gasteiger partial charge is 0.485 e. The Kier molecular flexibility index (Phi) is 9.87. The number of aliphatic hydroxyl groups excluding tert-OH is 2. The smallest absolute Gasteiger partial charge is 0.338 e. The van der Waals surface area contributed by atoms with E-state index in [0.717, 1.165) is 11.1 Å². The van der Waals surface area contributed by atoms with E-state index in [-0.39, 0.29) is 19.8 Å². The lowest BCUT2D eigenvalue weighted by atomic mass is 10.1. The van der Waals surface area contributed by atoms with Crippen LogP contribution in [0.3, 0.4) is 0 Å². The van der Waals surface area contributed by atoms with Crippen molar-refractivity contribution in [2.45, 2.75) is 45.6 Å². The average Bonchev–Trinajstić information content (AvgIpc) is 2.90. The Morgan fingerprint density at radius 2 is 1.44 bits per heavy atom. The second kappa shape index (κ2) is 13.1. The highest BCUT2D eigenvalue weighted by atomic mass is 16.5. The molecule has 3 aromatic carbocycles. The summed E-state index contributed by atoms with van der Waals surface area (Å²) in [6.07, 6.45) is -0.914. The van der Waals surface area contributed by atoms with Crippen molar-refractivity contribution in [3.63, 3.8) is 0 Å². The van der Waals surface area contributed by atoms with Crippen molar-refractivity contribution >= 4 is 5.97 Å². The van der Waals surface area contributed by atoms with Crippen LogP contribution in [0.2, 0.25) is 0 Å². The Hall–Kier alpha value is -3.39. The first-order valence-corrected chi connectivity index (χ1v) is 12.0. The van der Waals surface area contributed by atoms with Gasteiger partial charge in [-0.05, 0) is 49.6 Å². The fourth-order valence-corrected chi connectivity index (χ4v) is 3.34. The van der Waals surface area contributed by atoms with Gasteiger partial charge < -0.3 is 29.7 Å². The summed E-state index contributed by atoms with van der Waals surface area (Å²) in [4.78, 5) is 12.9. The van der Waals surface area contributed by atoms with Crippen LogP contribution in [0.1, 0.15) is 40.9 Å². The molecular formula is C29H35NO6. The highest BCUT2D eigenvalue weighted by molar-refractivity contribution is 5.92. The second-order valence-corrected chi connectivity index (χ2v) is 9.34. The minimum atomic E-state index is -0.914. The molecule has 0 bridgehead atoms. The van der Waals surface area contributed by atoms with Crippen LogP contribution in [0.15, 0.2) is 72.8 Å². The number of benzene rings is 3. The molecule has 1 unspecified atom stereocenters. The molecule has 0 saturated carbocycles. The normalized spacial score (nSPS) is 12.1. The van der Waals surface area contributed by atoms with Crippen LogP contribution in [-0.4, -0.2) is 47.6 Å². The highest BCUT2D eigenvalue weighted by Crippen LogP contribution is 2.33. The Labute approximate surface area is 212 Å². The number of hydrogen-bond acceptors (Lipinski definition) is 7. The maximum absolute atomic E-state index is 12.9. The zero-order valence-corrected chi connectivity index (χ0v) is 21.1. The Balaban J connectivity index is 1.72. The van der Waals surface area contributed by atoms with Crippen molar-refractivity contribution in [1.82, 2.24) is 5.32 Å². The maximum atomic E-state index is 12.9. The zero-order valence-electron chi connectivity index (χ0n) is 21.1. The predicted octanol–water partition coefficient (Wildman–Crippen LogP) is 4.03. The molecule has 0 amide bonds. The lowest BCUT2D eigenvalue weighted by Gasteiger charge is -2.25. The molecule has 0 aliphatic heterocycles. The van der Waals surface area contributed by atoms with Gasteiger partial charge in [0.2, 0.25) is 0 Å². The van der Waals surface area contributed by atoms with Crippen LogP contribution < -0.4 is 14.8 Å². The van der Waals surface area contributed by atoms with Gasteiger partial charge in [0, 0.05) is 12.1 Å². The van der Waals surface area contributed by atoms with Gasteiger partial charge in [0.25, 0.3) is 0 Å². The van der Waals surface area contributed by atoms with Crippen molar-refractivity contribution in [1.29, 1.82) is 0 Å². The van der Waals surface area contributed by atoms with Gasteiger partial charge in [-0.2, -0.15) is 0 Å². The Morgan fingerprint density at radius 1 is 0.917 bits per heavy atom. The van der Waals surface area contributed by atoms with E-state index >= 15 is 0 Å². The molecule has 0 heterocycles. The standard InChI is InChI=1S/C29H35NO6/c1-21-14-26(34-17-22-10-6-4-7-11-22)27(35-18-23-12-8-5-9-13-23)15-25(21)28(33)36-19-24(32)16-30-29(2,3)20-31/h4-15,24,30-32H,16-20H2,1-3H3. The van der Waals surface area contributed by atoms with Crippen molar-refractivity contribution in [3.8, 4) is 11.5 Å². The zero-order chi connectivity index (χ0) is 26.0. The molecule has 3 aromatic rings. The molecule has 192 valence electrons. The van der Waals surface area contributed by atoms with Gasteiger partial charge in [-0.3, -0.25) is 0 Å². The average molecular weight is 494 g/mol. The molecule has 0 fully saturated rings. The molecule has 0 aliphatic rings. The molecule has 3 rings (SSSR count). The number of nitrogens with one attached hydrogen (secondary N) is 1. The molecule has 7 heteroatoms. The number of hydrogen-bond donors (Lipinski definition) is 3. The van der Waals surface area contributed by atoms with E-state index in [0.29, 0.717) is 35.8 Å². The van der Waals surface area contributed by atoms with Crippen LogP contribution in [0.5, 0.6) is 11.5 Å². The van der Waals surface area contributed by atoms with Crippen LogP contribution >= 0.6 is 0 Å². The first-order valence-electron chi connectivity index (χ1n) is 12.0. The summed E-state index contributed by atoms with van der Waals surface area (Å²) in [6.45, 7) is 6.01. The fourth-order valence-electron chi connectivity index (χ4n) is 3.34. The molecule has 0 spiro atoms. The molecule has 7 nitrogen and oxygen atoms in total. The first-order chi connectivity index (χ1) is 17.3. The summed E-state index contributed by atoms with van der Waals surface area (Å²) in [5.41, 5.74) is 2.46. The van der Waals surface area contributed by atoms with Gasteiger partial charge in [-0.15, -0.1) is 0 Å². The number of aryl methyl sites for hydroxylation is 1. The Bertz CT molecular complexity index is 1100. The molecule has 3 N–H and O–H groups in total. The lowest BCUT2D eigenvalue weighted by Crippen LogP contribution is -2.47. The van der Waals surface area contributed by atoms with E-state index in [1.165, 1.54) is 0 Å². The van der Waals surface area contributed by atoms with Gasteiger partial charge in [-0.1, -0.05) is 60.7 Å². The number of carbonyl (C=O) groups excluding carboxylic acids is 1. The number of carbonyl (C=O) groups is 1. The monoisotopic (exact) mass is 493 g/mol. The van der Waals surface area contributed by atoms with Crippen molar-refractivity contribution in [2.24, 2.45) is 0 Å². The number of esters is 1. The molecule has 36 heavy (non-hydrogen) atoms. The van der Waals surface area contributed by atoms with Gasteiger partial charge in [0.15, 0.2) is 11.5 Å². The SMILES string of the molecule is Cc1cc(OCc2ccccc2)c(OCc2ccccc2)cc1C(=O)OCC(O)CNC(C)(C)CO. The third-order valence-corrected chi connectivity index (χ3v) is 5.60. The number of β-amino-alcohol motifs (C(OH)–C–C–N with tert-alkyl or cyclic N) is 1. The van der Waals surface area contributed by atoms with Crippen LogP contribution in [0.4, 0.5) is 0 Å². The van der Waals surface area contributed by atoms with Gasteiger partial charge in [0.05, 0.1) is 12.2 Å². The minimum Gasteiger partial charge on any atom is -0.485 e. The maximum Gasteiger partial charge on any atom is 0.338 e. The number of rotatable bonds is 13. The highest BCUT2D eigenvalue weighted by Gasteiger charge is 2.20. The van der Waals surface area contributed by atoms with Crippen LogP contribution in [0, 0.1) is 6.92 Å². The summed E-state index contributed by atoms with van der Waals surface area (Å²) in [5, 5.41) is 22.5. The van der Waals surface area contributed by atoms with Gasteiger partial charge in [-0.25, -0.2) is 4.79 Å². The second-order valence-electron chi connectivity index (χ2n) is 9.34. The van der Waals surface area contributed by atoms with E-state index in [9.17, 15) is 15.0 Å². The predicted molar refractivity (Wildman–Crippen MR) is 138 cm³/mol. The number of aliphatic hydroxyl groups is 2. The quantitative estimate of drug-likeness (QED) is 0.309. The van der Waals surface area contributed by atoms with Gasteiger partial charge in [0.1, 0.15) is 25.9 Å². The van der Waals surface area contributed by atoms with Crippen molar-refractivity contribution in [2.75, 3.05) is 19.8 Å². The molecule has 1 atom stereocenters. The van der Waals surface area contributed by atoms with E-state index < -0.39 is 17.6 Å². The van der Waals surface area contributed by atoms with Crippen LogP contribution in [-0.2, 0) is 18.0 Å². The third kappa shape index (κ3) is 8.37. The molecule has 0 radical (unpaired) electrons. The fraction of sp³-hybridized carbons (Fsp3) is 0.345. The summed E-state index contributed by atoms with van der Waals surface area (Å²) in [6, 6.07) is 22.9. The molecule has 0 saturated heterocycles. The van der Waals surface area contributed by atoms with Gasteiger partial charge >= 0.3 is 5.97 Å². The first kappa shape index (κ1) is 27.2. The lowest BCUT2D eigenvalue weighted by molar-refractivity contribution is 0.0233. The van der Waals surface area contributed by atoms with E-state index in [1.807, 2.05) is 74.5 Å². The van der Waals surface area contributed by atoms with E-state index in [2.05, 4.69) is 5.32 Å². The van der Waals surface area contributed by atoms with Crippen LogP contribution in [0.25, 0.3) is 0 Å². The molecular weight excluding hydrogens is 458 g/mol. The molecule has 0 aliphatic carbocycles. The van der Waals surface area contributed by atoms with E-state index in [1.54, 1.807) is 19.1 Å². The van der Waals surface area contributed by atoms with E-state index in [4.69, 9.17) is 14.2 Å². The summed E-state index contributed by atoms with van der Waals surface area (Å²) in [7, 11) is 0. The topological polar surface area (TPSA) is 97.3 Å². The number of ether oxygens (including phenoxy) is 3. The molecule has 0 aromatic heterocycles. The third-order valence-electron chi connectivity index (χ3n) is 5.60. The Morgan fingerprint density at radius 3 is 1.97 bits per heavy atom. The van der Waals surface area contributed by atoms with Crippen molar-refractivity contribution < 1.29 is 29.2 Å².